The fraction of sp³-hybridized carbons (Fsp3) is 0.182. The molecule has 0 atom stereocenters. The van der Waals surface area contributed by atoms with E-state index < -0.39 is 0 Å². The Bertz CT molecular complexity index is 1130. The number of amides is 1. The summed E-state index contributed by atoms with van der Waals surface area (Å²) in [5, 5.41) is 0. The second-order valence-electron chi connectivity index (χ2n) is 6.54. The van der Waals surface area contributed by atoms with Gasteiger partial charge in [0.05, 0.1) is 20.8 Å². The van der Waals surface area contributed by atoms with E-state index in [1.807, 2.05) is 80.4 Å². The van der Waals surface area contributed by atoms with E-state index in [0.29, 0.717) is 6.54 Å². The highest BCUT2D eigenvalue weighted by Crippen LogP contribution is 2.31. The van der Waals surface area contributed by atoms with Crippen molar-refractivity contribution >= 4 is 34.0 Å². The predicted octanol–water partition coefficient (Wildman–Crippen LogP) is 5.28. The number of anilines is 1. The van der Waals surface area contributed by atoms with Gasteiger partial charge >= 0.3 is 0 Å². The van der Waals surface area contributed by atoms with Crippen LogP contribution >= 0.6 is 11.3 Å². The van der Waals surface area contributed by atoms with Crippen molar-refractivity contribution in [2.45, 2.75) is 13.8 Å². The first-order valence-electron chi connectivity index (χ1n) is 8.98. The molecule has 0 unspecified atom stereocenters. The number of imidazole rings is 1. The first-order valence-corrected chi connectivity index (χ1v) is 9.80. The summed E-state index contributed by atoms with van der Waals surface area (Å²) in [6, 6.07) is 20.0. The molecule has 0 aliphatic rings. The minimum absolute atomic E-state index is 0.0260. The Labute approximate surface area is 162 Å². The minimum atomic E-state index is 0.0260. The summed E-state index contributed by atoms with van der Waals surface area (Å²) in [5.41, 5.74) is 4.13. The zero-order valence-corrected chi connectivity index (χ0v) is 16.5. The van der Waals surface area contributed by atoms with Gasteiger partial charge in [-0.1, -0.05) is 24.3 Å². The van der Waals surface area contributed by atoms with Gasteiger partial charge in [0, 0.05) is 19.3 Å². The highest BCUT2D eigenvalue weighted by molar-refractivity contribution is 7.17. The van der Waals surface area contributed by atoms with Gasteiger partial charge in [-0.15, -0.1) is 11.3 Å². The molecule has 0 fully saturated rings. The summed E-state index contributed by atoms with van der Waals surface area (Å²) in [6.45, 7) is 4.67. The number of fused-ring (bicyclic) bond motifs is 1. The third-order valence-corrected chi connectivity index (χ3v) is 5.77. The lowest BCUT2D eigenvalue weighted by atomic mass is 10.2. The molecule has 0 N–H and O–H groups in total. The minimum Gasteiger partial charge on any atom is -0.326 e. The molecule has 4 nitrogen and oxygen atoms in total. The van der Waals surface area contributed by atoms with Crippen molar-refractivity contribution in [2.24, 2.45) is 7.05 Å². The van der Waals surface area contributed by atoms with E-state index in [2.05, 4.69) is 10.6 Å². The van der Waals surface area contributed by atoms with Crippen LogP contribution < -0.4 is 4.90 Å². The molecule has 4 rings (SSSR count). The molecule has 27 heavy (non-hydrogen) atoms. The van der Waals surface area contributed by atoms with Crippen molar-refractivity contribution < 1.29 is 4.79 Å². The second-order valence-corrected chi connectivity index (χ2v) is 7.62. The number of nitrogens with zero attached hydrogens (tertiary/aromatic N) is 3. The zero-order chi connectivity index (χ0) is 19.0. The Kier molecular flexibility index (Phi) is 4.54. The molecule has 0 spiro atoms. The smallest absolute Gasteiger partial charge is 0.268 e. The Hall–Kier alpha value is -2.92. The summed E-state index contributed by atoms with van der Waals surface area (Å²) in [6.07, 6.45) is 0. The first kappa shape index (κ1) is 17.5. The molecule has 1 amide bonds. The molecular formula is C22H21N3OS. The van der Waals surface area contributed by atoms with Gasteiger partial charge in [-0.3, -0.25) is 4.79 Å². The van der Waals surface area contributed by atoms with Crippen LogP contribution in [0.25, 0.3) is 21.7 Å². The molecule has 0 saturated heterocycles. The maximum Gasteiger partial charge on any atom is 0.268 e. The molecule has 4 aromatic rings. The second kappa shape index (κ2) is 7.00. The Morgan fingerprint density at radius 2 is 1.93 bits per heavy atom. The molecule has 0 saturated carbocycles. The Morgan fingerprint density at radius 3 is 2.67 bits per heavy atom. The van der Waals surface area contributed by atoms with Crippen LogP contribution in [0.4, 0.5) is 5.69 Å². The van der Waals surface area contributed by atoms with Crippen LogP contribution in [-0.4, -0.2) is 22.0 Å². The lowest BCUT2D eigenvalue weighted by Gasteiger charge is -2.20. The van der Waals surface area contributed by atoms with E-state index in [9.17, 15) is 4.79 Å². The summed E-state index contributed by atoms with van der Waals surface area (Å²) < 4.78 is 2.08. The number of benzene rings is 2. The van der Waals surface area contributed by atoms with Gasteiger partial charge in [-0.2, -0.15) is 0 Å². The highest BCUT2D eigenvalue weighted by Gasteiger charge is 2.20. The number of aromatic nitrogens is 2. The fourth-order valence-corrected chi connectivity index (χ4v) is 4.29. The van der Waals surface area contributed by atoms with Gasteiger partial charge < -0.3 is 9.47 Å². The molecule has 0 bridgehead atoms. The largest absolute Gasteiger partial charge is 0.326 e. The number of hydrogen-bond donors (Lipinski definition) is 0. The van der Waals surface area contributed by atoms with E-state index in [0.717, 1.165) is 37.9 Å². The van der Waals surface area contributed by atoms with Gasteiger partial charge in [-0.25, -0.2) is 4.98 Å². The van der Waals surface area contributed by atoms with Crippen LogP contribution in [-0.2, 0) is 7.05 Å². The lowest BCUT2D eigenvalue weighted by Crippen LogP contribution is -2.29. The van der Waals surface area contributed by atoms with Crippen LogP contribution in [0.2, 0.25) is 0 Å². The van der Waals surface area contributed by atoms with Crippen LogP contribution in [0.3, 0.4) is 0 Å². The molecule has 2 heterocycles. The highest BCUT2D eigenvalue weighted by atomic mass is 32.1. The number of carbonyl (C=O) groups excluding carboxylic acids is 1. The van der Waals surface area contributed by atoms with Crippen LogP contribution in [0.1, 0.15) is 22.2 Å². The van der Waals surface area contributed by atoms with Gasteiger partial charge in [0.2, 0.25) is 0 Å². The van der Waals surface area contributed by atoms with E-state index in [4.69, 9.17) is 4.98 Å². The third kappa shape index (κ3) is 3.15. The summed E-state index contributed by atoms with van der Waals surface area (Å²) in [7, 11) is 2.01. The molecule has 0 aliphatic heterocycles. The normalized spacial score (nSPS) is 11.1. The van der Waals surface area contributed by atoms with E-state index >= 15 is 0 Å². The van der Waals surface area contributed by atoms with Gasteiger partial charge in [0.25, 0.3) is 5.91 Å². The van der Waals surface area contributed by atoms with Crippen molar-refractivity contribution in [3.63, 3.8) is 0 Å². The molecular weight excluding hydrogens is 354 g/mol. The summed E-state index contributed by atoms with van der Waals surface area (Å²) in [4.78, 5) is 21.4. The predicted molar refractivity (Wildman–Crippen MR) is 113 cm³/mol. The van der Waals surface area contributed by atoms with E-state index in [1.165, 1.54) is 11.3 Å². The zero-order valence-electron chi connectivity index (χ0n) is 15.6. The van der Waals surface area contributed by atoms with Crippen molar-refractivity contribution in [1.29, 1.82) is 0 Å². The average molecular weight is 375 g/mol. The number of para-hydroxylation sites is 2. The molecule has 5 heteroatoms. The quantitative estimate of drug-likeness (QED) is 0.487. The number of rotatable bonds is 4. The van der Waals surface area contributed by atoms with Gasteiger partial charge in [0.15, 0.2) is 5.82 Å². The monoisotopic (exact) mass is 375 g/mol. The van der Waals surface area contributed by atoms with Crippen molar-refractivity contribution in [1.82, 2.24) is 9.55 Å². The third-order valence-electron chi connectivity index (χ3n) is 4.70. The molecule has 2 aromatic heterocycles. The average Bonchev–Trinajstić information content (AvgIpc) is 3.28. The maximum absolute atomic E-state index is 13.1. The fourth-order valence-electron chi connectivity index (χ4n) is 3.31. The number of carbonyl (C=O) groups is 1. The van der Waals surface area contributed by atoms with Crippen LogP contribution in [0.15, 0.2) is 60.7 Å². The molecule has 0 aliphatic carbocycles. The lowest BCUT2D eigenvalue weighted by molar-refractivity contribution is 0.0992. The summed E-state index contributed by atoms with van der Waals surface area (Å²) in [5.74, 6) is 0.914. The van der Waals surface area contributed by atoms with Crippen molar-refractivity contribution in [2.75, 3.05) is 11.4 Å². The van der Waals surface area contributed by atoms with Crippen LogP contribution in [0, 0.1) is 6.92 Å². The first-order chi connectivity index (χ1) is 13.1. The standard InChI is InChI=1S/C22H21N3OS/c1-4-25(16-9-7-8-15(2)14-16)22(26)20-13-12-19(27-20)21-23-17-10-5-6-11-18(17)24(21)3/h5-14H,4H2,1-3H3. The summed E-state index contributed by atoms with van der Waals surface area (Å²) >= 11 is 1.49. The van der Waals surface area contributed by atoms with Gasteiger partial charge in [-0.05, 0) is 55.8 Å². The van der Waals surface area contributed by atoms with Gasteiger partial charge in [0.1, 0.15) is 0 Å². The molecule has 2 aromatic carbocycles. The molecule has 136 valence electrons. The van der Waals surface area contributed by atoms with Crippen molar-refractivity contribution in [3.8, 4) is 10.7 Å². The SMILES string of the molecule is CCN(C(=O)c1ccc(-c2nc3ccccc3n2C)s1)c1cccc(C)c1. The maximum atomic E-state index is 13.1. The number of hydrogen-bond acceptors (Lipinski definition) is 3. The Balaban J connectivity index is 1.68. The molecule has 0 radical (unpaired) electrons. The van der Waals surface area contributed by atoms with E-state index in [-0.39, 0.29) is 5.91 Å². The van der Waals surface area contributed by atoms with E-state index in [1.54, 1.807) is 0 Å². The van der Waals surface area contributed by atoms with Crippen LogP contribution in [0.5, 0.6) is 0 Å². The Morgan fingerprint density at radius 1 is 1.11 bits per heavy atom. The number of thiophene rings is 1. The topological polar surface area (TPSA) is 38.1 Å². The number of aryl methyl sites for hydroxylation is 2. The van der Waals surface area contributed by atoms with Crippen molar-refractivity contribution in [3.05, 3.63) is 71.1 Å².